The van der Waals surface area contributed by atoms with Gasteiger partial charge in [-0.3, -0.25) is 0 Å². The third-order valence-corrected chi connectivity index (χ3v) is 6.27. The van der Waals surface area contributed by atoms with Gasteiger partial charge in [0.2, 0.25) is 0 Å². The SMILES string of the molecule is C=CCOC(=O)OCCOc1c(Br)cc(Oc2cc(Br)c(OCCOC(=O)OCC=C)c(Br)c2)cc1Br. The minimum Gasteiger partial charge on any atom is -0.488 e. The average Bonchev–Trinajstić information content (AvgIpc) is 2.84. The maximum absolute atomic E-state index is 11.3. The molecule has 0 unspecified atom stereocenters. The molecule has 2 rings (SSSR count). The summed E-state index contributed by atoms with van der Waals surface area (Å²) in [5, 5.41) is 0. The second-order valence-corrected chi connectivity index (χ2v) is 10.0. The number of ether oxygens (including phenoxy) is 7. The molecule has 0 bridgehead atoms. The number of carbonyl (C=O) groups is 2. The summed E-state index contributed by atoms with van der Waals surface area (Å²) in [7, 11) is 0. The van der Waals surface area contributed by atoms with Crippen molar-refractivity contribution in [3.8, 4) is 23.0 Å². The fourth-order valence-corrected chi connectivity index (χ4v) is 5.22. The molecule has 2 aromatic carbocycles. The first-order chi connectivity index (χ1) is 17.7. The Morgan fingerprint density at radius 1 is 0.622 bits per heavy atom. The molecule has 0 aliphatic heterocycles. The highest BCUT2D eigenvalue weighted by molar-refractivity contribution is 9.11. The molecular weight excluding hydrogens is 752 g/mol. The Kier molecular flexibility index (Phi) is 13.9. The molecule has 0 radical (unpaired) electrons. The molecule has 0 atom stereocenters. The smallest absolute Gasteiger partial charge is 0.488 e. The van der Waals surface area contributed by atoms with Crippen LogP contribution in [0.15, 0.2) is 67.5 Å². The van der Waals surface area contributed by atoms with Gasteiger partial charge in [0.15, 0.2) is 0 Å². The summed E-state index contributed by atoms with van der Waals surface area (Å²) in [6.45, 7) is 7.30. The molecule has 0 heterocycles. The molecule has 200 valence electrons. The highest BCUT2D eigenvalue weighted by Crippen LogP contribution is 2.41. The van der Waals surface area contributed by atoms with Crippen LogP contribution < -0.4 is 14.2 Å². The third-order valence-electron chi connectivity index (χ3n) is 3.92. The molecule has 13 heteroatoms. The number of benzene rings is 2. The maximum atomic E-state index is 11.3. The van der Waals surface area contributed by atoms with Crippen LogP contribution in [0.5, 0.6) is 23.0 Å². The highest BCUT2D eigenvalue weighted by atomic mass is 79.9. The van der Waals surface area contributed by atoms with Crippen molar-refractivity contribution < 1.29 is 42.7 Å². The van der Waals surface area contributed by atoms with Gasteiger partial charge in [-0.25, -0.2) is 9.59 Å². The first-order valence-electron chi connectivity index (χ1n) is 10.5. The Bertz CT molecular complexity index is 976. The Balaban J connectivity index is 1.92. The molecule has 9 nitrogen and oxygen atoms in total. The van der Waals surface area contributed by atoms with Gasteiger partial charge in [0, 0.05) is 0 Å². The molecule has 0 aliphatic carbocycles. The van der Waals surface area contributed by atoms with Crippen molar-refractivity contribution in [2.45, 2.75) is 0 Å². The summed E-state index contributed by atoms with van der Waals surface area (Å²) in [5.41, 5.74) is 0. The molecule has 0 saturated heterocycles. The predicted octanol–water partition coefficient (Wildman–Crippen LogP) is 7.96. The zero-order valence-electron chi connectivity index (χ0n) is 19.3. The normalized spacial score (nSPS) is 10.2. The van der Waals surface area contributed by atoms with Crippen LogP contribution in [0.25, 0.3) is 0 Å². The van der Waals surface area contributed by atoms with Crippen molar-refractivity contribution in [3.05, 3.63) is 67.5 Å². The summed E-state index contributed by atoms with van der Waals surface area (Å²) >= 11 is 13.8. The van der Waals surface area contributed by atoms with E-state index in [1.807, 2.05) is 0 Å². The zero-order valence-corrected chi connectivity index (χ0v) is 25.7. The van der Waals surface area contributed by atoms with Gasteiger partial charge in [0.1, 0.15) is 62.6 Å². The number of hydrogen-bond donors (Lipinski definition) is 0. The first kappa shape index (κ1) is 31.0. The van der Waals surface area contributed by atoms with E-state index < -0.39 is 12.3 Å². The lowest BCUT2D eigenvalue weighted by Crippen LogP contribution is -2.13. The zero-order chi connectivity index (χ0) is 27.2. The molecule has 0 aromatic heterocycles. The van der Waals surface area contributed by atoms with E-state index in [0.29, 0.717) is 40.9 Å². The second kappa shape index (κ2) is 16.6. The van der Waals surface area contributed by atoms with Crippen molar-refractivity contribution in [3.63, 3.8) is 0 Å². The largest absolute Gasteiger partial charge is 0.508 e. The number of carbonyl (C=O) groups excluding carboxylic acids is 2. The van der Waals surface area contributed by atoms with Crippen molar-refractivity contribution >= 4 is 76.0 Å². The van der Waals surface area contributed by atoms with E-state index in [0.717, 1.165) is 0 Å². The third kappa shape index (κ3) is 11.0. The van der Waals surface area contributed by atoms with Crippen molar-refractivity contribution in [1.82, 2.24) is 0 Å². The summed E-state index contributed by atoms with van der Waals surface area (Å²) in [4.78, 5) is 22.7. The molecular formula is C24H22Br4O9. The van der Waals surface area contributed by atoms with Gasteiger partial charge in [-0.2, -0.15) is 0 Å². The molecule has 0 aliphatic rings. The maximum Gasteiger partial charge on any atom is 0.508 e. The van der Waals surface area contributed by atoms with E-state index in [1.54, 1.807) is 24.3 Å². The summed E-state index contributed by atoms with van der Waals surface area (Å²) in [6.07, 6.45) is 1.30. The Morgan fingerprint density at radius 3 is 1.30 bits per heavy atom. The minimum atomic E-state index is -0.795. The highest BCUT2D eigenvalue weighted by Gasteiger charge is 2.14. The lowest BCUT2D eigenvalue weighted by Gasteiger charge is -2.15. The van der Waals surface area contributed by atoms with Crippen LogP contribution >= 0.6 is 63.7 Å². The molecule has 37 heavy (non-hydrogen) atoms. The van der Waals surface area contributed by atoms with Crippen LogP contribution in [0.3, 0.4) is 0 Å². The van der Waals surface area contributed by atoms with Gasteiger partial charge in [-0.1, -0.05) is 25.3 Å². The van der Waals surface area contributed by atoms with E-state index in [-0.39, 0.29) is 39.6 Å². The summed E-state index contributed by atoms with van der Waals surface area (Å²) in [6, 6.07) is 6.92. The molecule has 0 spiro atoms. The monoisotopic (exact) mass is 770 g/mol. The van der Waals surface area contributed by atoms with Crippen LogP contribution in [0, 0.1) is 0 Å². The van der Waals surface area contributed by atoms with Gasteiger partial charge in [0.25, 0.3) is 0 Å². The van der Waals surface area contributed by atoms with Crippen LogP contribution in [0.1, 0.15) is 0 Å². The van der Waals surface area contributed by atoms with Crippen LogP contribution in [-0.2, 0) is 18.9 Å². The molecule has 0 fully saturated rings. The minimum absolute atomic E-state index is 0.00903. The van der Waals surface area contributed by atoms with E-state index in [9.17, 15) is 9.59 Å². The number of halogens is 4. The van der Waals surface area contributed by atoms with Gasteiger partial charge in [0.05, 0.1) is 17.9 Å². The van der Waals surface area contributed by atoms with E-state index in [2.05, 4.69) is 76.9 Å². The van der Waals surface area contributed by atoms with Crippen LogP contribution in [-0.4, -0.2) is 52.0 Å². The summed E-state index contributed by atoms with van der Waals surface area (Å²) in [5.74, 6) is 2.07. The van der Waals surface area contributed by atoms with Crippen molar-refractivity contribution in [2.24, 2.45) is 0 Å². The lowest BCUT2D eigenvalue weighted by molar-refractivity contribution is 0.0524. The first-order valence-corrected chi connectivity index (χ1v) is 13.6. The van der Waals surface area contributed by atoms with Gasteiger partial charge >= 0.3 is 12.3 Å². The number of hydrogen-bond acceptors (Lipinski definition) is 9. The average molecular weight is 774 g/mol. The second-order valence-electron chi connectivity index (χ2n) is 6.63. The van der Waals surface area contributed by atoms with Crippen LogP contribution in [0.4, 0.5) is 9.59 Å². The number of rotatable bonds is 14. The molecule has 0 N–H and O–H groups in total. The van der Waals surface area contributed by atoms with E-state index >= 15 is 0 Å². The van der Waals surface area contributed by atoms with Gasteiger partial charge < -0.3 is 33.2 Å². The standard InChI is InChI=1S/C24H22Br4O9/c1-3-5-33-23(29)35-9-7-31-21-17(25)11-15(12-18(21)26)37-16-13-19(27)22(20(28)14-16)32-8-10-36-24(30)34-6-4-2/h3-4,11-14H,1-2,5-10H2. The predicted molar refractivity (Wildman–Crippen MR) is 150 cm³/mol. The van der Waals surface area contributed by atoms with Crippen LogP contribution in [0.2, 0.25) is 0 Å². The van der Waals surface area contributed by atoms with E-state index in [4.69, 9.17) is 33.2 Å². The summed E-state index contributed by atoms with van der Waals surface area (Å²) < 4.78 is 39.1. The fourth-order valence-electron chi connectivity index (χ4n) is 2.48. The van der Waals surface area contributed by atoms with Crippen molar-refractivity contribution in [2.75, 3.05) is 39.6 Å². The fraction of sp³-hybridized carbons (Fsp3) is 0.250. The molecule has 2 aromatic rings. The lowest BCUT2D eigenvalue weighted by atomic mass is 10.3. The van der Waals surface area contributed by atoms with Gasteiger partial charge in [-0.15, -0.1) is 0 Å². The van der Waals surface area contributed by atoms with Gasteiger partial charge in [-0.05, 0) is 88.0 Å². The molecule has 0 amide bonds. The Hall–Kier alpha value is -2.22. The Morgan fingerprint density at radius 2 is 0.973 bits per heavy atom. The Labute approximate surface area is 247 Å². The topological polar surface area (TPSA) is 98.8 Å². The van der Waals surface area contributed by atoms with E-state index in [1.165, 1.54) is 12.2 Å². The van der Waals surface area contributed by atoms with Crippen molar-refractivity contribution in [1.29, 1.82) is 0 Å². The molecule has 0 saturated carbocycles. The quantitative estimate of drug-likeness (QED) is 0.108.